The molecule has 0 bridgehead atoms. The second-order valence-corrected chi connectivity index (χ2v) is 6.06. The largest absolute Gasteiger partial charge is 0.370 e. The van der Waals surface area contributed by atoms with Crippen molar-refractivity contribution in [3.63, 3.8) is 0 Å². The van der Waals surface area contributed by atoms with Crippen molar-refractivity contribution in [3.8, 4) is 6.07 Å². The molecule has 0 amide bonds. The Morgan fingerprint density at radius 1 is 1.05 bits per heavy atom. The molecule has 0 unspecified atom stereocenters. The maximum Gasteiger partial charge on any atom is 0.140 e. The van der Waals surface area contributed by atoms with E-state index in [1.165, 1.54) is 50.6 Å². The highest BCUT2D eigenvalue weighted by Crippen LogP contribution is 2.44. The summed E-state index contributed by atoms with van der Waals surface area (Å²) >= 11 is 0. The molecule has 3 rings (SSSR count). The minimum atomic E-state index is 0.504. The fourth-order valence-electron chi connectivity index (χ4n) is 3.68. The number of piperidine rings is 1. The van der Waals surface area contributed by atoms with Crippen LogP contribution in [0, 0.1) is 16.7 Å². The summed E-state index contributed by atoms with van der Waals surface area (Å²) in [4.78, 5) is 6.60. The van der Waals surface area contributed by atoms with Gasteiger partial charge in [0, 0.05) is 13.1 Å². The molecule has 0 N–H and O–H groups in total. The van der Waals surface area contributed by atoms with Gasteiger partial charge in [-0.05, 0) is 43.2 Å². The van der Waals surface area contributed by atoms with E-state index in [2.05, 4.69) is 16.0 Å². The van der Waals surface area contributed by atoms with Gasteiger partial charge in [-0.1, -0.05) is 19.3 Å². The lowest BCUT2D eigenvalue weighted by atomic mass is 9.68. The van der Waals surface area contributed by atoms with Gasteiger partial charge in [-0.15, -0.1) is 0 Å². The standard InChI is InChI=1S/C16H21N3/c17-12-14-4-5-15(13-18-14)19-10-8-16(9-11-19)6-2-1-3-7-16/h4-5,13H,1-3,6-11H2. The third kappa shape index (κ3) is 2.58. The maximum atomic E-state index is 8.78. The van der Waals surface area contributed by atoms with E-state index in [1.807, 2.05) is 18.3 Å². The van der Waals surface area contributed by atoms with E-state index in [9.17, 15) is 0 Å². The highest BCUT2D eigenvalue weighted by Gasteiger charge is 2.35. The van der Waals surface area contributed by atoms with Crippen LogP contribution in [0.5, 0.6) is 0 Å². The smallest absolute Gasteiger partial charge is 0.140 e. The van der Waals surface area contributed by atoms with Crippen LogP contribution < -0.4 is 4.90 Å². The first kappa shape index (κ1) is 12.5. The summed E-state index contributed by atoms with van der Waals surface area (Å²) < 4.78 is 0. The highest BCUT2D eigenvalue weighted by atomic mass is 15.1. The molecule has 1 aromatic heterocycles. The predicted molar refractivity (Wildman–Crippen MR) is 75.9 cm³/mol. The van der Waals surface area contributed by atoms with Gasteiger partial charge in [-0.25, -0.2) is 4.98 Å². The van der Waals surface area contributed by atoms with Crippen LogP contribution in [0.3, 0.4) is 0 Å². The fraction of sp³-hybridized carbons (Fsp3) is 0.625. The quantitative estimate of drug-likeness (QED) is 0.771. The van der Waals surface area contributed by atoms with E-state index in [1.54, 1.807) is 0 Å². The Morgan fingerprint density at radius 2 is 1.79 bits per heavy atom. The first-order chi connectivity index (χ1) is 9.31. The van der Waals surface area contributed by atoms with Gasteiger partial charge in [-0.2, -0.15) is 5.26 Å². The van der Waals surface area contributed by atoms with Gasteiger partial charge in [0.2, 0.25) is 0 Å². The topological polar surface area (TPSA) is 39.9 Å². The summed E-state index contributed by atoms with van der Waals surface area (Å²) in [5.74, 6) is 0. The van der Waals surface area contributed by atoms with E-state index in [0.29, 0.717) is 11.1 Å². The third-order valence-electron chi connectivity index (χ3n) is 4.97. The van der Waals surface area contributed by atoms with Crippen molar-refractivity contribution in [2.24, 2.45) is 5.41 Å². The lowest BCUT2D eigenvalue weighted by Gasteiger charge is -2.45. The van der Waals surface area contributed by atoms with Gasteiger partial charge < -0.3 is 4.90 Å². The van der Waals surface area contributed by atoms with Crippen molar-refractivity contribution in [3.05, 3.63) is 24.0 Å². The van der Waals surface area contributed by atoms with Crippen molar-refractivity contribution >= 4 is 5.69 Å². The Kier molecular flexibility index (Phi) is 3.42. The van der Waals surface area contributed by atoms with Crippen LogP contribution in [0.15, 0.2) is 18.3 Å². The van der Waals surface area contributed by atoms with Crippen molar-refractivity contribution in [2.75, 3.05) is 18.0 Å². The summed E-state index contributed by atoms with van der Waals surface area (Å²) in [7, 11) is 0. The summed E-state index contributed by atoms with van der Waals surface area (Å²) in [5, 5.41) is 8.78. The summed E-state index contributed by atoms with van der Waals surface area (Å²) in [6.45, 7) is 2.29. The van der Waals surface area contributed by atoms with Gasteiger partial charge in [0.1, 0.15) is 11.8 Å². The van der Waals surface area contributed by atoms with Crippen LogP contribution in [-0.4, -0.2) is 18.1 Å². The maximum absolute atomic E-state index is 8.78. The summed E-state index contributed by atoms with van der Waals surface area (Å²) in [5.41, 5.74) is 2.32. The van der Waals surface area contributed by atoms with Crippen molar-refractivity contribution < 1.29 is 0 Å². The number of nitriles is 1. The van der Waals surface area contributed by atoms with Crippen LogP contribution in [0.1, 0.15) is 50.6 Å². The number of hydrogen-bond acceptors (Lipinski definition) is 3. The molecule has 19 heavy (non-hydrogen) atoms. The average Bonchev–Trinajstić information content (AvgIpc) is 2.49. The zero-order valence-corrected chi connectivity index (χ0v) is 11.4. The summed E-state index contributed by atoms with van der Waals surface area (Å²) in [6, 6.07) is 5.93. The Morgan fingerprint density at radius 3 is 2.37 bits per heavy atom. The molecular weight excluding hydrogens is 234 g/mol. The third-order valence-corrected chi connectivity index (χ3v) is 4.97. The SMILES string of the molecule is N#Cc1ccc(N2CCC3(CCCCC3)CC2)cn1. The monoisotopic (exact) mass is 255 g/mol. The number of aromatic nitrogens is 1. The molecule has 1 saturated heterocycles. The molecule has 2 fully saturated rings. The van der Waals surface area contributed by atoms with Gasteiger partial charge in [0.15, 0.2) is 0 Å². The van der Waals surface area contributed by atoms with Gasteiger partial charge in [-0.3, -0.25) is 0 Å². The van der Waals surface area contributed by atoms with Gasteiger partial charge in [0.05, 0.1) is 11.9 Å². The number of hydrogen-bond donors (Lipinski definition) is 0. The highest BCUT2D eigenvalue weighted by molar-refractivity contribution is 5.46. The van der Waals surface area contributed by atoms with Crippen molar-refractivity contribution in [1.82, 2.24) is 4.98 Å². The van der Waals surface area contributed by atoms with Gasteiger partial charge >= 0.3 is 0 Å². The van der Waals surface area contributed by atoms with Crippen LogP contribution in [0.25, 0.3) is 0 Å². The summed E-state index contributed by atoms with van der Waals surface area (Å²) in [6.07, 6.45) is 11.7. The lowest BCUT2D eigenvalue weighted by molar-refractivity contribution is 0.144. The Balaban J connectivity index is 1.64. The number of rotatable bonds is 1. The fourth-order valence-corrected chi connectivity index (χ4v) is 3.68. The van der Waals surface area contributed by atoms with Crippen LogP contribution in [-0.2, 0) is 0 Å². The molecule has 0 atom stereocenters. The first-order valence-electron chi connectivity index (χ1n) is 7.43. The van der Waals surface area contributed by atoms with E-state index < -0.39 is 0 Å². The second kappa shape index (κ2) is 5.21. The molecule has 1 aliphatic heterocycles. The molecular formula is C16H21N3. The Labute approximate surface area is 115 Å². The molecule has 100 valence electrons. The molecule has 0 radical (unpaired) electrons. The second-order valence-electron chi connectivity index (χ2n) is 6.06. The molecule has 1 spiro atoms. The molecule has 1 aromatic rings. The molecule has 0 aromatic carbocycles. The van der Waals surface area contributed by atoms with E-state index in [-0.39, 0.29) is 0 Å². The predicted octanol–water partition coefficient (Wildman–Crippen LogP) is 3.50. The van der Waals surface area contributed by atoms with E-state index in [0.717, 1.165) is 13.1 Å². The Hall–Kier alpha value is -1.56. The first-order valence-corrected chi connectivity index (χ1v) is 7.43. The molecule has 3 nitrogen and oxygen atoms in total. The zero-order valence-electron chi connectivity index (χ0n) is 11.4. The normalized spacial score (nSPS) is 22.2. The van der Waals surface area contributed by atoms with Gasteiger partial charge in [0.25, 0.3) is 0 Å². The number of anilines is 1. The molecule has 1 saturated carbocycles. The molecule has 1 aliphatic carbocycles. The van der Waals surface area contributed by atoms with Crippen molar-refractivity contribution in [1.29, 1.82) is 5.26 Å². The van der Waals surface area contributed by atoms with Crippen LogP contribution >= 0.6 is 0 Å². The molecule has 3 heteroatoms. The minimum absolute atomic E-state index is 0.504. The Bertz CT molecular complexity index is 456. The molecule has 2 aliphatic rings. The van der Waals surface area contributed by atoms with E-state index >= 15 is 0 Å². The van der Waals surface area contributed by atoms with E-state index in [4.69, 9.17) is 5.26 Å². The minimum Gasteiger partial charge on any atom is -0.370 e. The van der Waals surface area contributed by atoms with Crippen molar-refractivity contribution in [2.45, 2.75) is 44.9 Å². The number of nitrogens with zero attached hydrogens (tertiary/aromatic N) is 3. The number of pyridine rings is 1. The molecule has 2 heterocycles. The van der Waals surface area contributed by atoms with Crippen LogP contribution in [0.2, 0.25) is 0 Å². The lowest BCUT2D eigenvalue weighted by Crippen LogP contribution is -2.41. The average molecular weight is 255 g/mol. The van der Waals surface area contributed by atoms with Crippen LogP contribution in [0.4, 0.5) is 5.69 Å². The zero-order chi connectivity index (χ0) is 13.1.